The molecule has 0 atom stereocenters. The normalized spacial score (nSPS) is 12.5. The second-order valence-electron chi connectivity index (χ2n) is 5.12. The number of carbonyl (C=O) groups excluding carboxylic acids is 1. The van der Waals surface area contributed by atoms with Crippen molar-refractivity contribution in [1.82, 2.24) is 10.3 Å². The molecule has 0 unspecified atom stereocenters. The number of carbonyl (C=O) groups is 1. The number of fused-ring (bicyclic) bond motifs is 2. The molecule has 4 rings (SSSR count). The number of aromatic nitrogens is 1. The highest BCUT2D eigenvalue weighted by Gasteiger charge is 2.14. The summed E-state index contributed by atoms with van der Waals surface area (Å²) in [6.07, 6.45) is 1.83. The van der Waals surface area contributed by atoms with Crippen LogP contribution in [0.3, 0.4) is 0 Å². The lowest BCUT2D eigenvalue weighted by molar-refractivity contribution is 0.0952. The summed E-state index contributed by atoms with van der Waals surface area (Å²) < 4.78 is 10.6. The summed E-state index contributed by atoms with van der Waals surface area (Å²) in [5.41, 5.74) is 2.46. The maximum Gasteiger partial charge on any atom is 0.253 e. The van der Waals surface area contributed by atoms with Crippen LogP contribution in [0.5, 0.6) is 11.5 Å². The third-order valence-electron chi connectivity index (χ3n) is 3.72. The molecule has 22 heavy (non-hydrogen) atoms. The van der Waals surface area contributed by atoms with Crippen LogP contribution in [0.1, 0.15) is 15.9 Å². The Bertz CT molecular complexity index is 854. The molecule has 1 aromatic heterocycles. The predicted octanol–water partition coefficient (Wildman–Crippen LogP) is 2.83. The molecule has 3 aromatic rings. The van der Waals surface area contributed by atoms with Crippen molar-refractivity contribution in [1.29, 1.82) is 0 Å². The van der Waals surface area contributed by atoms with Crippen molar-refractivity contribution in [3.8, 4) is 11.5 Å². The summed E-state index contributed by atoms with van der Waals surface area (Å²) >= 11 is 0. The van der Waals surface area contributed by atoms with E-state index in [2.05, 4.69) is 10.3 Å². The van der Waals surface area contributed by atoms with E-state index in [9.17, 15) is 4.79 Å². The molecule has 0 fully saturated rings. The lowest BCUT2D eigenvalue weighted by atomic mass is 10.1. The minimum absolute atomic E-state index is 0.106. The summed E-state index contributed by atoms with van der Waals surface area (Å²) in [4.78, 5) is 15.5. The minimum atomic E-state index is -0.106. The number of H-pyrrole nitrogens is 1. The highest BCUT2D eigenvalue weighted by molar-refractivity contribution is 6.05. The molecule has 1 aliphatic rings. The zero-order valence-electron chi connectivity index (χ0n) is 11.8. The van der Waals surface area contributed by atoms with Gasteiger partial charge in [-0.1, -0.05) is 18.2 Å². The number of hydrogen-bond acceptors (Lipinski definition) is 3. The van der Waals surface area contributed by atoms with Gasteiger partial charge < -0.3 is 19.8 Å². The van der Waals surface area contributed by atoms with Crippen molar-refractivity contribution in [2.24, 2.45) is 0 Å². The monoisotopic (exact) mass is 294 g/mol. The number of hydrogen-bond donors (Lipinski definition) is 2. The van der Waals surface area contributed by atoms with Crippen molar-refractivity contribution in [3.05, 3.63) is 59.8 Å². The van der Waals surface area contributed by atoms with Crippen LogP contribution >= 0.6 is 0 Å². The number of rotatable bonds is 3. The Labute approximate surface area is 126 Å². The topological polar surface area (TPSA) is 63.4 Å². The minimum Gasteiger partial charge on any atom is -0.454 e. The fraction of sp³-hybridized carbons (Fsp3) is 0.118. The van der Waals surface area contributed by atoms with Gasteiger partial charge in [-0.25, -0.2) is 0 Å². The summed E-state index contributed by atoms with van der Waals surface area (Å²) in [6.45, 7) is 0.687. The average molecular weight is 294 g/mol. The molecule has 1 amide bonds. The summed E-state index contributed by atoms with van der Waals surface area (Å²) in [6, 6.07) is 13.3. The van der Waals surface area contributed by atoms with Crippen LogP contribution in [0, 0.1) is 0 Å². The fourth-order valence-corrected chi connectivity index (χ4v) is 2.60. The molecule has 0 radical (unpaired) electrons. The number of para-hydroxylation sites is 1. The van der Waals surface area contributed by atoms with Gasteiger partial charge in [0, 0.05) is 18.1 Å². The van der Waals surface area contributed by atoms with Crippen molar-refractivity contribution in [2.45, 2.75) is 6.54 Å². The van der Waals surface area contributed by atoms with Crippen molar-refractivity contribution >= 4 is 16.8 Å². The molecule has 0 saturated heterocycles. The van der Waals surface area contributed by atoms with E-state index in [1.807, 2.05) is 48.7 Å². The largest absolute Gasteiger partial charge is 0.454 e. The van der Waals surface area contributed by atoms with E-state index >= 15 is 0 Å². The number of amides is 1. The first-order chi connectivity index (χ1) is 10.8. The quantitative estimate of drug-likeness (QED) is 0.780. The van der Waals surface area contributed by atoms with E-state index in [1.54, 1.807) is 0 Å². The van der Waals surface area contributed by atoms with Gasteiger partial charge in [-0.2, -0.15) is 0 Å². The lowest BCUT2D eigenvalue weighted by Gasteiger charge is -2.07. The van der Waals surface area contributed by atoms with E-state index in [-0.39, 0.29) is 12.7 Å². The Hall–Kier alpha value is -2.95. The molecule has 5 heteroatoms. The van der Waals surface area contributed by atoms with Gasteiger partial charge in [0.2, 0.25) is 6.79 Å². The third kappa shape index (κ3) is 2.16. The first-order valence-electron chi connectivity index (χ1n) is 7.04. The van der Waals surface area contributed by atoms with Gasteiger partial charge in [0.25, 0.3) is 5.91 Å². The standard InChI is InChI=1S/C17H14N2O3/c20-17(13-3-1-2-12-6-7-18-16(12)13)19-9-11-4-5-14-15(8-11)22-10-21-14/h1-8,18H,9-10H2,(H,19,20). The van der Waals surface area contributed by atoms with E-state index in [4.69, 9.17) is 9.47 Å². The Kier molecular flexibility index (Phi) is 2.96. The van der Waals surface area contributed by atoms with Gasteiger partial charge >= 0.3 is 0 Å². The Balaban J connectivity index is 1.52. The molecule has 2 aromatic carbocycles. The number of ether oxygens (including phenoxy) is 2. The SMILES string of the molecule is O=C(NCc1ccc2c(c1)OCO2)c1cccc2cc[nH]c12. The number of benzene rings is 2. The molecule has 0 bridgehead atoms. The highest BCUT2D eigenvalue weighted by Crippen LogP contribution is 2.32. The second-order valence-corrected chi connectivity index (χ2v) is 5.12. The van der Waals surface area contributed by atoms with Crippen molar-refractivity contribution in [2.75, 3.05) is 6.79 Å². The molecule has 110 valence electrons. The Morgan fingerprint density at radius 3 is 3.00 bits per heavy atom. The number of aromatic amines is 1. The van der Waals surface area contributed by atoms with Crippen LogP contribution in [0.25, 0.3) is 10.9 Å². The van der Waals surface area contributed by atoms with Crippen LogP contribution in [0.15, 0.2) is 48.7 Å². The molecular formula is C17H14N2O3. The molecule has 2 heterocycles. The smallest absolute Gasteiger partial charge is 0.253 e. The summed E-state index contributed by atoms with van der Waals surface area (Å²) in [5, 5.41) is 3.96. The van der Waals surface area contributed by atoms with Gasteiger partial charge in [0.1, 0.15) is 0 Å². The highest BCUT2D eigenvalue weighted by atomic mass is 16.7. The van der Waals surface area contributed by atoms with Crippen LogP contribution in [-0.2, 0) is 6.54 Å². The zero-order chi connectivity index (χ0) is 14.9. The van der Waals surface area contributed by atoms with E-state index in [0.717, 1.165) is 28.0 Å². The molecule has 0 saturated carbocycles. The van der Waals surface area contributed by atoms with Gasteiger partial charge in [-0.15, -0.1) is 0 Å². The van der Waals surface area contributed by atoms with Gasteiger partial charge in [-0.3, -0.25) is 4.79 Å². The molecule has 2 N–H and O–H groups in total. The summed E-state index contributed by atoms with van der Waals surface area (Å²) in [7, 11) is 0. The van der Waals surface area contributed by atoms with Crippen LogP contribution in [0.2, 0.25) is 0 Å². The van der Waals surface area contributed by atoms with Crippen molar-refractivity contribution in [3.63, 3.8) is 0 Å². The van der Waals surface area contributed by atoms with Gasteiger partial charge in [0.05, 0.1) is 11.1 Å². The first-order valence-corrected chi connectivity index (χ1v) is 7.04. The maximum atomic E-state index is 12.4. The van der Waals surface area contributed by atoms with E-state index in [0.29, 0.717) is 12.1 Å². The third-order valence-corrected chi connectivity index (χ3v) is 3.72. The fourth-order valence-electron chi connectivity index (χ4n) is 2.60. The van der Waals surface area contributed by atoms with Crippen molar-refractivity contribution < 1.29 is 14.3 Å². The molecular weight excluding hydrogens is 280 g/mol. The lowest BCUT2D eigenvalue weighted by Crippen LogP contribution is -2.23. The Morgan fingerprint density at radius 1 is 1.14 bits per heavy atom. The van der Waals surface area contributed by atoms with Crippen LogP contribution in [-0.4, -0.2) is 17.7 Å². The van der Waals surface area contributed by atoms with Crippen LogP contribution in [0.4, 0.5) is 0 Å². The van der Waals surface area contributed by atoms with Gasteiger partial charge in [0.15, 0.2) is 11.5 Å². The maximum absolute atomic E-state index is 12.4. The molecule has 1 aliphatic heterocycles. The molecule has 5 nitrogen and oxygen atoms in total. The molecule has 0 spiro atoms. The second kappa shape index (κ2) is 5.11. The summed E-state index contributed by atoms with van der Waals surface area (Å²) in [5.74, 6) is 1.36. The first kappa shape index (κ1) is 12.8. The number of nitrogens with one attached hydrogen (secondary N) is 2. The van der Waals surface area contributed by atoms with E-state index in [1.165, 1.54) is 0 Å². The van der Waals surface area contributed by atoms with Crippen LogP contribution < -0.4 is 14.8 Å². The predicted molar refractivity (Wildman–Crippen MR) is 82.0 cm³/mol. The Morgan fingerprint density at radius 2 is 2.05 bits per heavy atom. The average Bonchev–Trinajstić information content (AvgIpc) is 3.20. The zero-order valence-corrected chi connectivity index (χ0v) is 11.8. The molecule has 0 aliphatic carbocycles. The van der Waals surface area contributed by atoms with Gasteiger partial charge in [-0.05, 0) is 29.8 Å². The van der Waals surface area contributed by atoms with E-state index < -0.39 is 0 Å².